The van der Waals surface area contributed by atoms with Crippen LogP contribution in [-0.2, 0) is 0 Å². The Labute approximate surface area is 106 Å². The molecule has 4 heteroatoms. The van der Waals surface area contributed by atoms with Gasteiger partial charge < -0.3 is 5.32 Å². The Morgan fingerprint density at radius 2 is 1.61 bits per heavy atom. The van der Waals surface area contributed by atoms with Crippen molar-refractivity contribution in [2.24, 2.45) is 0 Å². The Bertz CT molecular complexity index is 434. The third kappa shape index (κ3) is 2.98. The van der Waals surface area contributed by atoms with Crippen molar-refractivity contribution in [1.82, 2.24) is 0 Å². The van der Waals surface area contributed by atoms with Crippen molar-refractivity contribution in [1.29, 1.82) is 5.26 Å². The molecule has 1 aliphatic rings. The van der Waals surface area contributed by atoms with Crippen molar-refractivity contribution in [3.05, 3.63) is 29.3 Å². The zero-order valence-corrected chi connectivity index (χ0v) is 10.2. The first-order valence-electron chi connectivity index (χ1n) is 6.36. The van der Waals surface area contributed by atoms with E-state index in [0.29, 0.717) is 0 Å². The van der Waals surface area contributed by atoms with Crippen LogP contribution >= 0.6 is 0 Å². The van der Waals surface area contributed by atoms with E-state index in [1.807, 2.05) is 0 Å². The molecule has 0 atom stereocenters. The van der Waals surface area contributed by atoms with Crippen molar-refractivity contribution in [3.63, 3.8) is 0 Å². The highest BCUT2D eigenvalue weighted by Gasteiger charge is 2.17. The van der Waals surface area contributed by atoms with Crippen LogP contribution in [0.5, 0.6) is 0 Å². The van der Waals surface area contributed by atoms with Gasteiger partial charge in [-0.25, -0.2) is 8.78 Å². The summed E-state index contributed by atoms with van der Waals surface area (Å²) in [6, 6.07) is 4.01. The number of benzene rings is 1. The van der Waals surface area contributed by atoms with Gasteiger partial charge in [-0.3, -0.25) is 0 Å². The average Bonchev–Trinajstić information content (AvgIpc) is 2.62. The molecule has 0 amide bonds. The predicted octanol–water partition coefficient (Wildman–Crippen LogP) is 3.97. The fourth-order valence-corrected chi connectivity index (χ4v) is 2.40. The fraction of sp³-hybridized carbons (Fsp3) is 0.500. The van der Waals surface area contributed by atoms with Gasteiger partial charge in [0.2, 0.25) is 0 Å². The summed E-state index contributed by atoms with van der Waals surface area (Å²) in [5.74, 6) is -1.37. The number of anilines is 1. The Hall–Kier alpha value is -1.63. The third-order valence-electron chi connectivity index (χ3n) is 3.37. The monoisotopic (exact) mass is 250 g/mol. The van der Waals surface area contributed by atoms with E-state index in [4.69, 9.17) is 5.26 Å². The molecular formula is C14H16F2N2. The minimum absolute atomic E-state index is 0.0106. The Balaban J connectivity index is 2.15. The lowest BCUT2D eigenvalue weighted by Crippen LogP contribution is -2.20. The molecule has 0 aliphatic heterocycles. The molecule has 0 heterocycles. The maximum absolute atomic E-state index is 13.7. The lowest BCUT2D eigenvalue weighted by atomic mass is 10.1. The predicted molar refractivity (Wildman–Crippen MR) is 66.2 cm³/mol. The van der Waals surface area contributed by atoms with Gasteiger partial charge in [-0.15, -0.1) is 0 Å². The molecule has 0 spiro atoms. The average molecular weight is 250 g/mol. The molecule has 0 aromatic heterocycles. The van der Waals surface area contributed by atoms with Gasteiger partial charge in [-0.05, 0) is 25.0 Å². The van der Waals surface area contributed by atoms with E-state index in [9.17, 15) is 8.78 Å². The van der Waals surface area contributed by atoms with Gasteiger partial charge in [0.25, 0.3) is 0 Å². The molecular weight excluding hydrogens is 234 g/mol. The van der Waals surface area contributed by atoms with Crippen LogP contribution in [0, 0.1) is 23.0 Å². The number of hydrogen-bond acceptors (Lipinski definition) is 2. The standard InChI is InChI=1S/C14H16F2N2/c15-12-7-10(9-17)8-13(16)14(12)18-11-5-3-1-2-4-6-11/h7-8,11,18H,1-6H2. The van der Waals surface area contributed by atoms with Gasteiger partial charge in [-0.1, -0.05) is 25.7 Å². The van der Waals surface area contributed by atoms with Crippen molar-refractivity contribution in [2.75, 3.05) is 5.32 Å². The lowest BCUT2D eigenvalue weighted by Gasteiger charge is -2.18. The number of nitrogens with zero attached hydrogens (tertiary/aromatic N) is 1. The topological polar surface area (TPSA) is 35.8 Å². The normalized spacial score (nSPS) is 16.9. The Morgan fingerprint density at radius 3 is 2.11 bits per heavy atom. The van der Waals surface area contributed by atoms with E-state index >= 15 is 0 Å². The number of halogens is 2. The molecule has 1 aromatic rings. The SMILES string of the molecule is N#Cc1cc(F)c(NC2CCCCCC2)c(F)c1. The summed E-state index contributed by atoms with van der Waals surface area (Å²) in [5.41, 5.74) is -0.0858. The zero-order chi connectivity index (χ0) is 13.0. The van der Waals surface area contributed by atoms with Crippen molar-refractivity contribution < 1.29 is 8.78 Å². The maximum atomic E-state index is 13.7. The summed E-state index contributed by atoms with van der Waals surface area (Å²) in [5, 5.41) is 11.6. The summed E-state index contributed by atoms with van der Waals surface area (Å²) in [4.78, 5) is 0. The van der Waals surface area contributed by atoms with Crippen LogP contribution < -0.4 is 5.32 Å². The van der Waals surface area contributed by atoms with E-state index < -0.39 is 11.6 Å². The zero-order valence-electron chi connectivity index (χ0n) is 10.2. The van der Waals surface area contributed by atoms with Crippen LogP contribution in [0.15, 0.2) is 12.1 Å². The molecule has 18 heavy (non-hydrogen) atoms. The second kappa shape index (κ2) is 5.81. The van der Waals surface area contributed by atoms with E-state index in [2.05, 4.69) is 5.32 Å². The highest BCUT2D eigenvalue weighted by molar-refractivity contribution is 5.50. The van der Waals surface area contributed by atoms with Crippen LogP contribution in [0.4, 0.5) is 14.5 Å². The van der Waals surface area contributed by atoms with E-state index in [1.165, 1.54) is 12.8 Å². The van der Waals surface area contributed by atoms with Crippen LogP contribution in [0.1, 0.15) is 44.1 Å². The van der Waals surface area contributed by atoms with Crippen LogP contribution in [0.3, 0.4) is 0 Å². The number of nitrogens with one attached hydrogen (secondary N) is 1. The fourth-order valence-electron chi connectivity index (χ4n) is 2.40. The van der Waals surface area contributed by atoms with Crippen molar-refractivity contribution in [2.45, 2.75) is 44.6 Å². The molecule has 1 aliphatic carbocycles. The smallest absolute Gasteiger partial charge is 0.150 e. The Kier molecular flexibility index (Phi) is 4.14. The summed E-state index contributed by atoms with van der Waals surface area (Å²) in [6.07, 6.45) is 6.46. The minimum atomic E-state index is -0.684. The third-order valence-corrected chi connectivity index (χ3v) is 3.37. The molecule has 1 N–H and O–H groups in total. The van der Waals surface area contributed by atoms with E-state index in [0.717, 1.165) is 37.8 Å². The summed E-state index contributed by atoms with van der Waals surface area (Å²) >= 11 is 0. The van der Waals surface area contributed by atoms with Gasteiger partial charge in [-0.2, -0.15) is 5.26 Å². The summed E-state index contributed by atoms with van der Waals surface area (Å²) in [6.45, 7) is 0. The molecule has 1 saturated carbocycles. The van der Waals surface area contributed by atoms with E-state index in [1.54, 1.807) is 6.07 Å². The molecule has 1 aromatic carbocycles. The first kappa shape index (κ1) is 12.8. The largest absolute Gasteiger partial charge is 0.378 e. The molecule has 96 valence electrons. The van der Waals surface area contributed by atoms with Crippen molar-refractivity contribution >= 4 is 5.69 Å². The van der Waals surface area contributed by atoms with Crippen LogP contribution in [0.2, 0.25) is 0 Å². The molecule has 1 fully saturated rings. The van der Waals surface area contributed by atoms with Crippen LogP contribution in [0.25, 0.3) is 0 Å². The molecule has 2 rings (SSSR count). The lowest BCUT2D eigenvalue weighted by molar-refractivity contribution is 0.565. The number of hydrogen-bond donors (Lipinski definition) is 1. The Morgan fingerprint density at radius 1 is 1.06 bits per heavy atom. The summed E-state index contributed by atoms with van der Waals surface area (Å²) in [7, 11) is 0. The summed E-state index contributed by atoms with van der Waals surface area (Å²) < 4.78 is 27.4. The van der Waals surface area contributed by atoms with Crippen molar-refractivity contribution in [3.8, 4) is 6.07 Å². The number of rotatable bonds is 2. The molecule has 0 unspecified atom stereocenters. The minimum Gasteiger partial charge on any atom is -0.378 e. The first-order valence-corrected chi connectivity index (χ1v) is 6.36. The highest BCUT2D eigenvalue weighted by Crippen LogP contribution is 2.25. The van der Waals surface area contributed by atoms with E-state index in [-0.39, 0.29) is 17.3 Å². The second-order valence-electron chi connectivity index (χ2n) is 4.76. The highest BCUT2D eigenvalue weighted by atomic mass is 19.1. The second-order valence-corrected chi connectivity index (χ2v) is 4.76. The molecule has 0 radical (unpaired) electrons. The van der Waals surface area contributed by atoms with Gasteiger partial charge in [0.1, 0.15) is 5.69 Å². The molecule has 0 saturated heterocycles. The van der Waals surface area contributed by atoms with Crippen LogP contribution in [-0.4, -0.2) is 6.04 Å². The first-order chi connectivity index (χ1) is 8.70. The van der Waals surface area contributed by atoms with Gasteiger partial charge in [0.15, 0.2) is 11.6 Å². The molecule has 2 nitrogen and oxygen atoms in total. The quantitative estimate of drug-likeness (QED) is 0.806. The van der Waals surface area contributed by atoms with Gasteiger partial charge >= 0.3 is 0 Å². The molecule has 0 bridgehead atoms. The van der Waals surface area contributed by atoms with Gasteiger partial charge in [0.05, 0.1) is 11.6 Å². The van der Waals surface area contributed by atoms with Gasteiger partial charge in [0, 0.05) is 6.04 Å². The maximum Gasteiger partial charge on any atom is 0.150 e. The number of nitriles is 1.